The number of rotatable bonds is 4. The Morgan fingerprint density at radius 3 is 2.74 bits per heavy atom. The Labute approximate surface area is 162 Å². The Balaban J connectivity index is 1.78. The van der Waals surface area contributed by atoms with E-state index in [0.29, 0.717) is 18.3 Å². The quantitative estimate of drug-likeness (QED) is 0.826. The van der Waals surface area contributed by atoms with E-state index >= 15 is 0 Å². The molecule has 1 spiro atoms. The van der Waals surface area contributed by atoms with Gasteiger partial charge in [0.25, 0.3) is 0 Å². The lowest BCUT2D eigenvalue weighted by molar-refractivity contribution is -0.131. The molecule has 5 nitrogen and oxygen atoms in total. The van der Waals surface area contributed by atoms with Gasteiger partial charge in [-0.05, 0) is 42.5 Å². The van der Waals surface area contributed by atoms with Crippen LogP contribution in [0.4, 0.5) is 5.69 Å². The van der Waals surface area contributed by atoms with Crippen LogP contribution < -0.4 is 4.90 Å². The van der Waals surface area contributed by atoms with Crippen LogP contribution in [0.2, 0.25) is 0 Å². The lowest BCUT2D eigenvalue weighted by atomic mass is 9.88. The molecule has 2 aliphatic rings. The monoisotopic (exact) mass is 366 g/mol. The molecule has 1 saturated heterocycles. The normalized spacial score (nSPS) is 21.3. The van der Waals surface area contributed by atoms with Gasteiger partial charge in [-0.25, -0.2) is 4.98 Å². The molecule has 0 N–H and O–H groups in total. The molecule has 0 saturated carbocycles. The molecule has 4 heterocycles. The molecule has 144 valence electrons. The molecule has 0 aliphatic carbocycles. The van der Waals surface area contributed by atoms with Crippen LogP contribution in [-0.2, 0) is 10.3 Å². The van der Waals surface area contributed by atoms with Gasteiger partial charge >= 0.3 is 0 Å². The van der Waals surface area contributed by atoms with Crippen molar-refractivity contribution < 1.29 is 4.79 Å². The van der Waals surface area contributed by atoms with Crippen molar-refractivity contribution in [2.24, 2.45) is 11.8 Å². The summed E-state index contributed by atoms with van der Waals surface area (Å²) < 4.78 is 2.22. The number of fused-ring (bicyclic) bond motifs is 4. The summed E-state index contributed by atoms with van der Waals surface area (Å²) in [5.74, 6) is 2.19. The molecular formula is C22H30N4O. The van der Waals surface area contributed by atoms with Crippen molar-refractivity contribution in [1.29, 1.82) is 0 Å². The second-order valence-corrected chi connectivity index (χ2v) is 8.81. The van der Waals surface area contributed by atoms with Crippen molar-refractivity contribution in [1.82, 2.24) is 14.5 Å². The number of nitrogens with zero attached hydrogens (tertiary/aromatic N) is 4. The van der Waals surface area contributed by atoms with Gasteiger partial charge in [-0.2, -0.15) is 0 Å². The molecule has 1 atom stereocenters. The lowest BCUT2D eigenvalue weighted by Gasteiger charge is -2.47. The van der Waals surface area contributed by atoms with Gasteiger partial charge in [0.2, 0.25) is 5.91 Å². The number of amides is 1. The van der Waals surface area contributed by atoms with E-state index in [9.17, 15) is 4.79 Å². The zero-order valence-electron chi connectivity index (χ0n) is 16.9. The van der Waals surface area contributed by atoms with E-state index in [1.165, 1.54) is 11.4 Å². The number of likely N-dealkylation sites (tertiary alicyclic amines) is 1. The van der Waals surface area contributed by atoms with Crippen LogP contribution in [-0.4, -0.2) is 40.0 Å². The summed E-state index contributed by atoms with van der Waals surface area (Å²) in [6.45, 7) is 11.3. The summed E-state index contributed by atoms with van der Waals surface area (Å²) in [5, 5.41) is 0. The zero-order chi connectivity index (χ0) is 19.2. The first kappa shape index (κ1) is 18.1. The fourth-order valence-electron chi connectivity index (χ4n) is 4.65. The van der Waals surface area contributed by atoms with Gasteiger partial charge in [-0.3, -0.25) is 4.79 Å². The predicted molar refractivity (Wildman–Crippen MR) is 108 cm³/mol. The predicted octanol–water partition coefficient (Wildman–Crippen LogP) is 3.82. The smallest absolute Gasteiger partial charge is 0.222 e. The van der Waals surface area contributed by atoms with Crippen molar-refractivity contribution in [2.45, 2.75) is 46.1 Å². The van der Waals surface area contributed by atoms with Crippen LogP contribution in [0, 0.1) is 11.8 Å². The summed E-state index contributed by atoms with van der Waals surface area (Å²) in [6, 6.07) is 8.51. The summed E-state index contributed by atoms with van der Waals surface area (Å²) in [7, 11) is 0. The fraction of sp³-hybridized carbons (Fsp3) is 0.545. The average Bonchev–Trinajstić information content (AvgIpc) is 3.26. The Morgan fingerprint density at radius 1 is 1.19 bits per heavy atom. The highest BCUT2D eigenvalue weighted by atomic mass is 16.2. The molecule has 2 aliphatic heterocycles. The van der Waals surface area contributed by atoms with E-state index in [0.717, 1.165) is 31.9 Å². The van der Waals surface area contributed by atoms with Gasteiger partial charge in [0, 0.05) is 38.4 Å². The third-order valence-corrected chi connectivity index (χ3v) is 5.76. The zero-order valence-corrected chi connectivity index (χ0v) is 16.9. The summed E-state index contributed by atoms with van der Waals surface area (Å²) in [5.41, 5.74) is 2.26. The largest absolute Gasteiger partial charge is 0.355 e. The average molecular weight is 367 g/mol. The van der Waals surface area contributed by atoms with E-state index in [-0.39, 0.29) is 11.4 Å². The highest BCUT2D eigenvalue weighted by Gasteiger charge is 2.50. The van der Waals surface area contributed by atoms with E-state index in [1.807, 2.05) is 12.3 Å². The third kappa shape index (κ3) is 2.93. The summed E-state index contributed by atoms with van der Waals surface area (Å²) in [6.07, 6.45) is 5.55. The maximum atomic E-state index is 12.8. The van der Waals surface area contributed by atoms with Crippen LogP contribution in [0.5, 0.6) is 0 Å². The lowest BCUT2D eigenvalue weighted by Crippen LogP contribution is -2.54. The first-order valence-electron chi connectivity index (χ1n) is 10.1. The number of pyridine rings is 1. The molecule has 0 radical (unpaired) electrons. The number of hydrogen-bond donors (Lipinski definition) is 0. The van der Waals surface area contributed by atoms with E-state index < -0.39 is 0 Å². The molecule has 1 fully saturated rings. The molecule has 0 aromatic carbocycles. The minimum absolute atomic E-state index is 0.170. The van der Waals surface area contributed by atoms with Crippen LogP contribution in [0.3, 0.4) is 0 Å². The first-order valence-corrected chi connectivity index (χ1v) is 10.1. The molecule has 1 amide bonds. The highest BCUT2D eigenvalue weighted by molar-refractivity contribution is 5.77. The number of anilines is 1. The Kier molecular flexibility index (Phi) is 4.49. The standard InChI is InChI=1S/C22H30N4O/c1-16(2)13-20(27)24-12-9-22(15-24)19-8-6-11-25(19)21-18(7-5-10-23-21)26(22)14-17(3)4/h5-8,10-11,16-17H,9,12-15H2,1-4H3/t22-/m1/s1. The van der Waals surface area contributed by atoms with Crippen LogP contribution in [0.15, 0.2) is 36.7 Å². The first-order chi connectivity index (χ1) is 12.9. The van der Waals surface area contributed by atoms with Gasteiger partial charge in [0.05, 0.1) is 11.4 Å². The number of carbonyl (C=O) groups is 1. The number of aromatic nitrogens is 2. The molecule has 27 heavy (non-hydrogen) atoms. The molecule has 5 heteroatoms. The second-order valence-electron chi connectivity index (χ2n) is 8.81. The molecule has 2 aromatic heterocycles. The van der Waals surface area contributed by atoms with E-state index in [4.69, 9.17) is 0 Å². The van der Waals surface area contributed by atoms with Crippen molar-refractivity contribution >= 4 is 11.6 Å². The summed E-state index contributed by atoms with van der Waals surface area (Å²) >= 11 is 0. The Morgan fingerprint density at radius 2 is 2.00 bits per heavy atom. The van der Waals surface area contributed by atoms with Crippen LogP contribution in [0.25, 0.3) is 5.82 Å². The number of hydrogen-bond acceptors (Lipinski definition) is 3. The van der Waals surface area contributed by atoms with Gasteiger partial charge in [-0.15, -0.1) is 0 Å². The fourth-order valence-corrected chi connectivity index (χ4v) is 4.65. The van der Waals surface area contributed by atoms with Gasteiger partial charge in [0.15, 0.2) is 5.82 Å². The van der Waals surface area contributed by atoms with Gasteiger partial charge in [-0.1, -0.05) is 27.7 Å². The maximum absolute atomic E-state index is 12.8. The van der Waals surface area contributed by atoms with Crippen LogP contribution in [0.1, 0.15) is 46.2 Å². The SMILES string of the molecule is CC(C)CC(=O)N1CC[C@@]2(C1)c1cccn1-c1ncccc1N2CC(C)C. The molecule has 0 bridgehead atoms. The van der Waals surface area contributed by atoms with E-state index in [2.05, 4.69) is 71.4 Å². The topological polar surface area (TPSA) is 41.4 Å². The van der Waals surface area contributed by atoms with Gasteiger partial charge in [0.1, 0.15) is 5.54 Å². The van der Waals surface area contributed by atoms with Crippen molar-refractivity contribution in [2.75, 3.05) is 24.5 Å². The van der Waals surface area contributed by atoms with Crippen LogP contribution >= 0.6 is 0 Å². The summed E-state index contributed by atoms with van der Waals surface area (Å²) in [4.78, 5) is 22.1. The minimum atomic E-state index is -0.170. The van der Waals surface area contributed by atoms with E-state index in [1.54, 1.807) is 0 Å². The number of carbonyl (C=O) groups excluding carboxylic acids is 1. The van der Waals surface area contributed by atoms with Crippen molar-refractivity contribution in [3.8, 4) is 5.82 Å². The Bertz CT molecular complexity index is 840. The molecule has 2 aromatic rings. The van der Waals surface area contributed by atoms with Crippen molar-refractivity contribution in [3.63, 3.8) is 0 Å². The molecule has 4 rings (SSSR count). The highest BCUT2D eigenvalue weighted by Crippen LogP contribution is 2.47. The molecule has 0 unspecified atom stereocenters. The second kappa shape index (κ2) is 6.70. The molecular weight excluding hydrogens is 336 g/mol. The van der Waals surface area contributed by atoms with Gasteiger partial charge < -0.3 is 14.4 Å². The third-order valence-electron chi connectivity index (χ3n) is 5.76. The maximum Gasteiger partial charge on any atom is 0.222 e. The minimum Gasteiger partial charge on any atom is -0.355 e. The van der Waals surface area contributed by atoms with Crippen molar-refractivity contribution in [3.05, 3.63) is 42.4 Å². The Hall–Kier alpha value is -2.30.